The van der Waals surface area contributed by atoms with Crippen LogP contribution in [0.1, 0.15) is 15.9 Å². The van der Waals surface area contributed by atoms with Crippen LogP contribution in [-0.2, 0) is 6.54 Å². The zero-order valence-corrected chi connectivity index (χ0v) is 13.2. The van der Waals surface area contributed by atoms with Crippen molar-refractivity contribution >= 4 is 11.6 Å². The first kappa shape index (κ1) is 16.1. The smallest absolute Gasteiger partial charge is 0.269 e. The number of nitrogens with zero attached hydrogens (tertiary/aromatic N) is 4. The van der Waals surface area contributed by atoms with Crippen molar-refractivity contribution in [3.8, 4) is 0 Å². The second kappa shape index (κ2) is 7.18. The summed E-state index contributed by atoms with van der Waals surface area (Å²) in [5.41, 5.74) is 1.75. The van der Waals surface area contributed by atoms with Crippen LogP contribution in [0.15, 0.2) is 48.8 Å². The van der Waals surface area contributed by atoms with Gasteiger partial charge in [0.1, 0.15) is 0 Å². The van der Waals surface area contributed by atoms with Crippen LogP contribution in [0.25, 0.3) is 0 Å². The van der Waals surface area contributed by atoms with E-state index in [-0.39, 0.29) is 11.6 Å². The number of non-ortho nitro benzene ring substituents is 1. The Morgan fingerprint density at radius 2 is 1.83 bits per heavy atom. The topological polar surface area (TPSA) is 79.6 Å². The molecule has 0 unspecified atom stereocenters. The van der Waals surface area contributed by atoms with Gasteiger partial charge in [-0.3, -0.25) is 24.8 Å². The van der Waals surface area contributed by atoms with Crippen LogP contribution < -0.4 is 0 Å². The molecule has 1 fully saturated rings. The van der Waals surface area contributed by atoms with E-state index < -0.39 is 4.92 Å². The van der Waals surface area contributed by atoms with Gasteiger partial charge in [0.25, 0.3) is 11.6 Å². The van der Waals surface area contributed by atoms with Crippen molar-refractivity contribution in [3.05, 3.63) is 70.0 Å². The first-order valence-electron chi connectivity index (χ1n) is 7.78. The molecule has 1 saturated heterocycles. The molecule has 7 nitrogen and oxygen atoms in total. The number of nitro benzene ring substituents is 1. The van der Waals surface area contributed by atoms with E-state index in [1.165, 1.54) is 12.1 Å². The number of amides is 1. The highest BCUT2D eigenvalue weighted by Gasteiger charge is 2.22. The summed E-state index contributed by atoms with van der Waals surface area (Å²) in [6, 6.07) is 10.2. The summed E-state index contributed by atoms with van der Waals surface area (Å²) in [7, 11) is 0. The van der Waals surface area contributed by atoms with Gasteiger partial charge in [-0.2, -0.15) is 0 Å². The molecular formula is C17H18N4O3. The van der Waals surface area contributed by atoms with E-state index in [0.29, 0.717) is 18.7 Å². The molecule has 0 radical (unpaired) electrons. The van der Waals surface area contributed by atoms with Gasteiger partial charge in [-0.1, -0.05) is 12.1 Å². The molecule has 1 amide bonds. The molecule has 2 heterocycles. The van der Waals surface area contributed by atoms with E-state index in [1.54, 1.807) is 36.7 Å². The maximum atomic E-state index is 12.4. The van der Waals surface area contributed by atoms with Crippen LogP contribution in [-0.4, -0.2) is 51.8 Å². The Labute approximate surface area is 139 Å². The number of aromatic nitrogens is 1. The van der Waals surface area contributed by atoms with Crippen molar-refractivity contribution in [1.29, 1.82) is 0 Å². The summed E-state index contributed by atoms with van der Waals surface area (Å²) in [5.74, 6) is 0.0121. The van der Waals surface area contributed by atoms with Crippen molar-refractivity contribution in [3.63, 3.8) is 0 Å². The normalized spacial score (nSPS) is 15.2. The van der Waals surface area contributed by atoms with Gasteiger partial charge >= 0.3 is 0 Å². The molecule has 1 aromatic carbocycles. The van der Waals surface area contributed by atoms with Gasteiger partial charge in [-0.15, -0.1) is 0 Å². The van der Waals surface area contributed by atoms with Gasteiger partial charge in [0.2, 0.25) is 0 Å². The number of pyridine rings is 1. The molecule has 0 saturated carbocycles. The van der Waals surface area contributed by atoms with Crippen LogP contribution in [0.2, 0.25) is 0 Å². The molecule has 0 atom stereocenters. The maximum absolute atomic E-state index is 12.4. The first-order valence-corrected chi connectivity index (χ1v) is 7.78. The molecule has 24 heavy (non-hydrogen) atoms. The van der Waals surface area contributed by atoms with Crippen molar-refractivity contribution < 1.29 is 9.72 Å². The van der Waals surface area contributed by atoms with E-state index in [9.17, 15) is 14.9 Å². The molecular weight excluding hydrogens is 308 g/mol. The van der Waals surface area contributed by atoms with Crippen LogP contribution >= 0.6 is 0 Å². The van der Waals surface area contributed by atoms with Crippen molar-refractivity contribution in [2.75, 3.05) is 26.2 Å². The number of hydrogen-bond acceptors (Lipinski definition) is 5. The van der Waals surface area contributed by atoms with Crippen LogP contribution in [0.5, 0.6) is 0 Å². The Hall–Kier alpha value is -2.80. The largest absolute Gasteiger partial charge is 0.336 e. The third-order valence-corrected chi connectivity index (χ3v) is 4.12. The van der Waals surface area contributed by atoms with E-state index in [0.717, 1.165) is 25.2 Å². The standard InChI is InChI=1S/C17H18N4O3/c22-17(15-2-1-7-18-12-15)20-10-8-19(9-11-20)13-14-3-5-16(6-4-14)21(23)24/h1-7,12H,8-11,13H2. The highest BCUT2D eigenvalue weighted by Crippen LogP contribution is 2.15. The molecule has 0 bridgehead atoms. The van der Waals surface area contributed by atoms with Gasteiger partial charge in [0.05, 0.1) is 10.5 Å². The lowest BCUT2D eigenvalue weighted by Gasteiger charge is -2.34. The zero-order chi connectivity index (χ0) is 16.9. The number of piperazine rings is 1. The van der Waals surface area contributed by atoms with E-state index >= 15 is 0 Å². The minimum atomic E-state index is -0.396. The summed E-state index contributed by atoms with van der Waals surface area (Å²) in [4.78, 5) is 30.7. The second-order valence-corrected chi connectivity index (χ2v) is 5.73. The average molecular weight is 326 g/mol. The molecule has 124 valence electrons. The molecule has 7 heteroatoms. The summed E-state index contributed by atoms with van der Waals surface area (Å²) in [6.45, 7) is 3.63. The van der Waals surface area contributed by atoms with E-state index in [4.69, 9.17) is 0 Å². The molecule has 0 spiro atoms. The summed E-state index contributed by atoms with van der Waals surface area (Å²) < 4.78 is 0. The Kier molecular flexibility index (Phi) is 4.81. The van der Waals surface area contributed by atoms with Gasteiger partial charge in [-0.05, 0) is 17.7 Å². The Morgan fingerprint density at radius 3 is 2.42 bits per heavy atom. The second-order valence-electron chi connectivity index (χ2n) is 5.73. The Bertz CT molecular complexity index is 710. The Balaban J connectivity index is 1.53. The van der Waals surface area contributed by atoms with Crippen molar-refractivity contribution in [1.82, 2.24) is 14.8 Å². The minimum Gasteiger partial charge on any atom is -0.336 e. The monoisotopic (exact) mass is 326 g/mol. The van der Waals surface area contributed by atoms with Crippen LogP contribution in [0.4, 0.5) is 5.69 Å². The van der Waals surface area contributed by atoms with Gasteiger partial charge in [0, 0.05) is 57.3 Å². The van der Waals surface area contributed by atoms with Crippen molar-refractivity contribution in [2.45, 2.75) is 6.54 Å². The van der Waals surface area contributed by atoms with E-state index in [1.807, 2.05) is 4.90 Å². The lowest BCUT2D eigenvalue weighted by atomic mass is 10.1. The summed E-state index contributed by atoms with van der Waals surface area (Å²) >= 11 is 0. The minimum absolute atomic E-state index is 0.0121. The number of hydrogen-bond donors (Lipinski definition) is 0. The number of rotatable bonds is 4. The molecule has 3 rings (SSSR count). The van der Waals surface area contributed by atoms with E-state index in [2.05, 4.69) is 9.88 Å². The average Bonchev–Trinajstić information content (AvgIpc) is 2.63. The zero-order valence-electron chi connectivity index (χ0n) is 13.2. The highest BCUT2D eigenvalue weighted by molar-refractivity contribution is 5.93. The van der Waals surface area contributed by atoms with Gasteiger partial charge < -0.3 is 4.90 Å². The predicted molar refractivity (Wildman–Crippen MR) is 88.5 cm³/mol. The Morgan fingerprint density at radius 1 is 1.12 bits per heavy atom. The molecule has 2 aromatic rings. The third kappa shape index (κ3) is 3.75. The van der Waals surface area contributed by atoms with Gasteiger partial charge in [0.15, 0.2) is 0 Å². The van der Waals surface area contributed by atoms with Crippen LogP contribution in [0.3, 0.4) is 0 Å². The number of nitro groups is 1. The lowest BCUT2D eigenvalue weighted by Crippen LogP contribution is -2.48. The quantitative estimate of drug-likeness (QED) is 0.634. The fraction of sp³-hybridized carbons (Fsp3) is 0.294. The number of carbonyl (C=O) groups excluding carboxylic acids is 1. The number of carbonyl (C=O) groups is 1. The fourth-order valence-electron chi connectivity index (χ4n) is 2.76. The number of benzene rings is 1. The molecule has 1 aliphatic rings. The molecule has 1 aliphatic heterocycles. The molecule has 1 aromatic heterocycles. The predicted octanol–water partition coefficient (Wildman–Crippen LogP) is 1.95. The third-order valence-electron chi connectivity index (χ3n) is 4.12. The first-order chi connectivity index (χ1) is 11.6. The molecule has 0 aliphatic carbocycles. The maximum Gasteiger partial charge on any atom is 0.269 e. The summed E-state index contributed by atoms with van der Waals surface area (Å²) in [5, 5.41) is 10.7. The highest BCUT2D eigenvalue weighted by atomic mass is 16.6. The lowest BCUT2D eigenvalue weighted by molar-refractivity contribution is -0.384. The SMILES string of the molecule is O=C(c1cccnc1)N1CCN(Cc2ccc([N+](=O)[O-])cc2)CC1. The van der Waals surface area contributed by atoms with Gasteiger partial charge in [-0.25, -0.2) is 0 Å². The summed E-state index contributed by atoms with van der Waals surface area (Å²) in [6.07, 6.45) is 3.24. The van der Waals surface area contributed by atoms with Crippen molar-refractivity contribution in [2.24, 2.45) is 0 Å². The molecule has 0 N–H and O–H groups in total. The van der Waals surface area contributed by atoms with Crippen LogP contribution in [0, 0.1) is 10.1 Å². The fourth-order valence-corrected chi connectivity index (χ4v) is 2.76.